The van der Waals surface area contributed by atoms with E-state index in [2.05, 4.69) is 4.90 Å². The summed E-state index contributed by atoms with van der Waals surface area (Å²) in [4.78, 5) is 31.8. The highest BCUT2D eigenvalue weighted by Crippen LogP contribution is 2.28. The van der Waals surface area contributed by atoms with Crippen molar-refractivity contribution >= 4 is 22.7 Å². The van der Waals surface area contributed by atoms with Gasteiger partial charge in [0, 0.05) is 41.6 Å². The fraction of sp³-hybridized carbons (Fsp3) is 0.450. The molecule has 0 amide bonds. The van der Waals surface area contributed by atoms with Crippen LogP contribution in [-0.4, -0.2) is 41.8 Å². The highest BCUT2D eigenvalue weighted by molar-refractivity contribution is 6.05. The van der Waals surface area contributed by atoms with Gasteiger partial charge in [0.25, 0.3) is 0 Å². The first-order chi connectivity index (χ1) is 11.8. The SMILES string of the molecule is CN1CCc2nc3ccccc3c(C(=O)OCC(=O)C(C)(C)C)c2C1. The molecule has 0 saturated carbocycles. The zero-order chi connectivity index (χ0) is 18.2. The van der Waals surface area contributed by atoms with Gasteiger partial charge in [0.15, 0.2) is 12.4 Å². The van der Waals surface area contributed by atoms with E-state index in [1.807, 2.05) is 52.1 Å². The quantitative estimate of drug-likeness (QED) is 0.804. The van der Waals surface area contributed by atoms with Gasteiger partial charge in [-0.1, -0.05) is 39.0 Å². The maximum absolute atomic E-state index is 12.8. The molecule has 0 N–H and O–H groups in total. The molecule has 1 aliphatic rings. The molecule has 0 atom stereocenters. The van der Waals surface area contributed by atoms with Crippen LogP contribution in [0, 0.1) is 5.41 Å². The summed E-state index contributed by atoms with van der Waals surface area (Å²) < 4.78 is 5.39. The second kappa shape index (κ2) is 6.56. The van der Waals surface area contributed by atoms with Crippen LogP contribution in [0.3, 0.4) is 0 Å². The second-order valence-electron chi connectivity index (χ2n) is 7.67. The fourth-order valence-electron chi connectivity index (χ4n) is 2.98. The van der Waals surface area contributed by atoms with Crippen molar-refractivity contribution in [3.05, 3.63) is 41.1 Å². The summed E-state index contributed by atoms with van der Waals surface area (Å²) in [6, 6.07) is 7.60. The van der Waals surface area contributed by atoms with Crippen LogP contribution in [0.15, 0.2) is 24.3 Å². The molecule has 1 aromatic carbocycles. The van der Waals surface area contributed by atoms with Crippen LogP contribution in [0.2, 0.25) is 0 Å². The molecule has 2 aromatic rings. The number of para-hydroxylation sites is 1. The first-order valence-corrected chi connectivity index (χ1v) is 8.57. The van der Waals surface area contributed by atoms with Crippen LogP contribution in [0.5, 0.6) is 0 Å². The number of hydrogen-bond acceptors (Lipinski definition) is 5. The fourth-order valence-corrected chi connectivity index (χ4v) is 2.98. The zero-order valence-corrected chi connectivity index (χ0v) is 15.3. The van der Waals surface area contributed by atoms with Crippen molar-refractivity contribution in [2.45, 2.75) is 33.7 Å². The Morgan fingerprint density at radius 1 is 1.24 bits per heavy atom. The summed E-state index contributed by atoms with van der Waals surface area (Å²) >= 11 is 0. The van der Waals surface area contributed by atoms with Crippen molar-refractivity contribution < 1.29 is 14.3 Å². The van der Waals surface area contributed by atoms with E-state index in [4.69, 9.17) is 9.72 Å². The van der Waals surface area contributed by atoms with Gasteiger partial charge in [0.05, 0.1) is 11.1 Å². The minimum atomic E-state index is -0.528. The third kappa shape index (κ3) is 3.56. The first-order valence-electron chi connectivity index (χ1n) is 8.57. The lowest BCUT2D eigenvalue weighted by atomic mass is 9.91. The van der Waals surface area contributed by atoms with Crippen molar-refractivity contribution in [3.8, 4) is 0 Å². The smallest absolute Gasteiger partial charge is 0.339 e. The number of nitrogens with zero attached hydrogens (tertiary/aromatic N) is 2. The molecule has 3 rings (SSSR count). The van der Waals surface area contributed by atoms with Crippen LogP contribution >= 0.6 is 0 Å². The highest BCUT2D eigenvalue weighted by Gasteiger charge is 2.27. The zero-order valence-electron chi connectivity index (χ0n) is 15.3. The minimum absolute atomic E-state index is 0.0924. The van der Waals surface area contributed by atoms with Gasteiger partial charge in [-0.2, -0.15) is 0 Å². The molecule has 1 aromatic heterocycles. The van der Waals surface area contributed by atoms with Crippen LogP contribution in [0.25, 0.3) is 10.9 Å². The molecule has 0 unspecified atom stereocenters. The largest absolute Gasteiger partial charge is 0.454 e. The van der Waals surface area contributed by atoms with E-state index >= 15 is 0 Å². The van der Waals surface area contributed by atoms with Crippen molar-refractivity contribution in [2.75, 3.05) is 20.2 Å². The Labute approximate surface area is 148 Å². The second-order valence-corrected chi connectivity index (χ2v) is 7.67. The Hall–Kier alpha value is -2.27. The van der Waals surface area contributed by atoms with E-state index in [1.54, 1.807) is 0 Å². The Kier molecular flexibility index (Phi) is 4.60. The van der Waals surface area contributed by atoms with E-state index in [0.717, 1.165) is 35.1 Å². The molecule has 0 bridgehead atoms. The number of carbonyl (C=O) groups excluding carboxylic acids is 2. The van der Waals surface area contributed by atoms with Crippen molar-refractivity contribution in [1.82, 2.24) is 9.88 Å². The number of Topliss-reactive ketones (excluding diaryl/α,β-unsaturated/α-hetero) is 1. The Morgan fingerprint density at radius 3 is 2.68 bits per heavy atom. The molecule has 5 heteroatoms. The molecule has 0 radical (unpaired) electrons. The predicted octanol–water partition coefficient (Wildman–Crippen LogP) is 2.99. The maximum Gasteiger partial charge on any atom is 0.339 e. The highest BCUT2D eigenvalue weighted by atomic mass is 16.5. The molecular formula is C20H24N2O3. The van der Waals surface area contributed by atoms with E-state index in [-0.39, 0.29) is 12.4 Å². The molecule has 0 spiro atoms. The normalized spacial score (nSPS) is 15.0. The van der Waals surface area contributed by atoms with E-state index in [9.17, 15) is 9.59 Å². The minimum Gasteiger partial charge on any atom is -0.454 e. The van der Waals surface area contributed by atoms with Crippen LogP contribution in [0.1, 0.15) is 42.4 Å². The lowest BCUT2D eigenvalue weighted by Crippen LogP contribution is -2.30. The Balaban J connectivity index is 2.00. The first kappa shape index (κ1) is 17.5. The number of carbonyl (C=O) groups is 2. The number of hydrogen-bond donors (Lipinski definition) is 0. The van der Waals surface area contributed by atoms with Gasteiger partial charge < -0.3 is 9.64 Å². The molecule has 0 saturated heterocycles. The van der Waals surface area contributed by atoms with Gasteiger partial charge in [-0.25, -0.2) is 4.79 Å². The van der Waals surface area contributed by atoms with E-state index < -0.39 is 11.4 Å². The average molecular weight is 340 g/mol. The van der Waals surface area contributed by atoms with Crippen LogP contribution in [-0.2, 0) is 22.5 Å². The molecule has 1 aliphatic heterocycles. The summed E-state index contributed by atoms with van der Waals surface area (Å²) in [6.07, 6.45) is 0.803. The third-order valence-corrected chi connectivity index (χ3v) is 4.61. The summed E-state index contributed by atoms with van der Waals surface area (Å²) in [5, 5.41) is 0.782. The van der Waals surface area contributed by atoms with Crippen molar-refractivity contribution in [2.24, 2.45) is 5.41 Å². The van der Waals surface area contributed by atoms with Gasteiger partial charge in [-0.05, 0) is 13.1 Å². The monoisotopic (exact) mass is 340 g/mol. The van der Waals surface area contributed by atoms with Crippen molar-refractivity contribution in [1.29, 1.82) is 0 Å². The third-order valence-electron chi connectivity index (χ3n) is 4.61. The van der Waals surface area contributed by atoms with Gasteiger partial charge in [-0.3, -0.25) is 9.78 Å². The number of fused-ring (bicyclic) bond motifs is 2. The van der Waals surface area contributed by atoms with Gasteiger partial charge >= 0.3 is 5.97 Å². The van der Waals surface area contributed by atoms with Crippen LogP contribution in [0.4, 0.5) is 0 Å². The van der Waals surface area contributed by atoms with E-state index in [0.29, 0.717) is 12.1 Å². The lowest BCUT2D eigenvalue weighted by molar-refractivity contribution is -0.129. The molecule has 132 valence electrons. The molecule has 0 fully saturated rings. The number of ether oxygens (including phenoxy) is 1. The topological polar surface area (TPSA) is 59.5 Å². The average Bonchev–Trinajstić information content (AvgIpc) is 2.56. The summed E-state index contributed by atoms with van der Waals surface area (Å²) in [6.45, 7) is 6.83. The number of likely N-dealkylation sites (N-methyl/N-ethyl adjacent to an activating group) is 1. The lowest BCUT2D eigenvalue weighted by Gasteiger charge is -2.26. The Morgan fingerprint density at radius 2 is 1.96 bits per heavy atom. The number of benzene rings is 1. The number of ketones is 1. The van der Waals surface area contributed by atoms with Gasteiger partial charge in [-0.15, -0.1) is 0 Å². The molecular weight excluding hydrogens is 316 g/mol. The molecule has 2 heterocycles. The number of esters is 1. The van der Waals surface area contributed by atoms with E-state index in [1.165, 1.54) is 0 Å². The Bertz CT molecular complexity index is 837. The number of rotatable bonds is 3. The molecule has 0 aliphatic carbocycles. The maximum atomic E-state index is 12.8. The predicted molar refractivity (Wildman–Crippen MR) is 96.5 cm³/mol. The summed E-state index contributed by atoms with van der Waals surface area (Å²) in [7, 11) is 2.02. The standard InChI is InChI=1S/C20H24N2O3/c1-20(2,3)17(23)12-25-19(24)18-13-7-5-6-8-15(13)21-16-9-10-22(4)11-14(16)18/h5-8H,9-12H2,1-4H3. The molecule has 5 nitrogen and oxygen atoms in total. The number of pyridine rings is 1. The van der Waals surface area contributed by atoms with Gasteiger partial charge in [0.2, 0.25) is 0 Å². The summed E-state index contributed by atoms with van der Waals surface area (Å²) in [5.41, 5.74) is 2.68. The van der Waals surface area contributed by atoms with Crippen LogP contribution < -0.4 is 0 Å². The number of aromatic nitrogens is 1. The van der Waals surface area contributed by atoms with Crippen molar-refractivity contribution in [3.63, 3.8) is 0 Å². The molecule has 25 heavy (non-hydrogen) atoms. The van der Waals surface area contributed by atoms with Gasteiger partial charge in [0.1, 0.15) is 0 Å². The summed E-state index contributed by atoms with van der Waals surface area (Å²) in [5.74, 6) is -0.534.